The van der Waals surface area contributed by atoms with Crippen LogP contribution in [0.5, 0.6) is 0 Å². The van der Waals surface area contributed by atoms with Crippen LogP contribution in [0.4, 0.5) is 0 Å². The first-order valence-corrected chi connectivity index (χ1v) is 6.34. The fourth-order valence-corrected chi connectivity index (χ4v) is 0.960. The molecule has 0 spiro atoms. The van der Waals surface area contributed by atoms with Crippen LogP contribution in [-0.4, -0.2) is 4.21 Å². The van der Waals surface area contributed by atoms with Crippen LogP contribution in [-0.2, 0) is 24.2 Å². The minimum atomic E-state index is 0. The normalized spacial score (nSPS) is 14.2. The van der Waals surface area contributed by atoms with Gasteiger partial charge in [-0.15, -0.1) is 44.6 Å². The molecule has 0 aromatic rings. The van der Waals surface area contributed by atoms with Crippen LogP contribution in [0.2, 0.25) is 0 Å². The first-order chi connectivity index (χ1) is 6.80. The molecule has 0 fully saturated rings. The molecule has 0 aromatic carbocycles. The Morgan fingerprint density at radius 1 is 1.25 bits per heavy atom. The molecule has 0 saturated carbocycles. The van der Waals surface area contributed by atoms with Gasteiger partial charge in [0.25, 0.3) is 0 Å². The molecule has 0 nitrogen and oxygen atoms in total. The largest absolute Gasteiger partial charge is 1.00 e. The third kappa shape index (κ3) is 10.8. The van der Waals surface area contributed by atoms with Crippen molar-refractivity contribution >= 4 is 29.0 Å². The van der Waals surface area contributed by atoms with Crippen molar-refractivity contribution in [3.05, 3.63) is 47.6 Å². The average molecular weight is 337 g/mol. The minimum Gasteiger partial charge on any atom is -1.00 e. The van der Waals surface area contributed by atoms with Crippen LogP contribution in [0.1, 0.15) is 28.1 Å². The molecule has 0 radical (unpaired) electrons. The number of hydrogen-bond acceptors (Lipinski definition) is 0. The summed E-state index contributed by atoms with van der Waals surface area (Å²) in [4.78, 5) is 0. The van der Waals surface area contributed by atoms with E-state index in [0.29, 0.717) is 0 Å². The van der Waals surface area contributed by atoms with Gasteiger partial charge in [-0.25, -0.2) is 23.8 Å². The van der Waals surface area contributed by atoms with E-state index in [2.05, 4.69) is 42.4 Å². The molecule has 0 saturated heterocycles. The van der Waals surface area contributed by atoms with E-state index in [1.54, 1.807) is 0 Å². The molecule has 0 atom stereocenters. The summed E-state index contributed by atoms with van der Waals surface area (Å²) in [6, 6.07) is 0. The van der Waals surface area contributed by atoms with Gasteiger partial charge in [0.05, 0.1) is 0 Å². The van der Waals surface area contributed by atoms with E-state index in [1.807, 2.05) is 12.2 Å². The number of hydrogen-bond donors (Lipinski definition) is 0. The fourth-order valence-electron chi connectivity index (χ4n) is 0.960. The molecular formula is C13H19Cl2Zr-. The Labute approximate surface area is 128 Å². The topological polar surface area (TPSA) is 0 Å². The van der Waals surface area contributed by atoms with E-state index in [9.17, 15) is 0 Å². The van der Waals surface area contributed by atoms with Gasteiger partial charge in [0.2, 0.25) is 0 Å². The molecule has 2 aliphatic rings. The third-order valence-corrected chi connectivity index (χ3v) is 1.94. The van der Waals surface area contributed by atoms with Crippen LogP contribution < -0.4 is 0 Å². The smallest absolute Gasteiger partial charge is 1.00 e. The Bertz CT molecular complexity index is 271. The maximum absolute atomic E-state index is 3.34. The average Bonchev–Trinajstić information content (AvgIpc) is 2.86. The van der Waals surface area contributed by atoms with E-state index < -0.39 is 0 Å². The van der Waals surface area contributed by atoms with Gasteiger partial charge in [0.1, 0.15) is 0 Å². The summed E-state index contributed by atoms with van der Waals surface area (Å²) in [5.41, 5.74) is 2.85. The van der Waals surface area contributed by atoms with Crippen molar-refractivity contribution in [2.45, 2.75) is 26.7 Å². The maximum Gasteiger partial charge on any atom is -1.00 e. The molecule has 0 aliphatic heterocycles. The summed E-state index contributed by atoms with van der Waals surface area (Å²) in [6.07, 6.45) is 16.2. The second kappa shape index (κ2) is 15.3. The molecule has 2 rings (SSSR count). The standard InChI is InChI=1S/C7H9.C5H5.CH2.2ClH.Zr.H/c1-6-4-3-5-7(6)2;1-2-4-5-3-1;;;;;/h4H,5H2,1-2H3;1-3H,4H2;1H2;2*1H;;/q2*-1;;;;+2;-1. The number of allylic oxidation sites excluding steroid dienone is 8. The van der Waals surface area contributed by atoms with Gasteiger partial charge in [-0.3, -0.25) is 12.2 Å². The van der Waals surface area contributed by atoms with Crippen LogP contribution >= 0.6 is 24.8 Å². The van der Waals surface area contributed by atoms with Gasteiger partial charge < -0.3 is 1.43 Å². The Hall–Kier alpha value is 0.293. The minimum absolute atomic E-state index is 0. The summed E-state index contributed by atoms with van der Waals surface area (Å²) in [5.74, 6) is 0. The predicted molar refractivity (Wildman–Crippen MR) is 75.1 cm³/mol. The summed E-state index contributed by atoms with van der Waals surface area (Å²) in [6.45, 7) is 4.27. The van der Waals surface area contributed by atoms with Crippen LogP contribution in [0.15, 0.2) is 35.5 Å². The zero-order valence-corrected chi connectivity index (χ0v) is 13.8. The monoisotopic (exact) mass is 335 g/mol. The Morgan fingerprint density at radius 3 is 2.00 bits per heavy atom. The summed E-state index contributed by atoms with van der Waals surface area (Å²) < 4.78 is 3.34. The molecule has 2 aliphatic carbocycles. The van der Waals surface area contributed by atoms with Gasteiger partial charge in [-0.1, -0.05) is 6.92 Å². The molecule has 90 valence electrons. The van der Waals surface area contributed by atoms with Gasteiger partial charge in [-0.05, 0) is 0 Å². The number of rotatable bonds is 0. The van der Waals surface area contributed by atoms with Crippen molar-refractivity contribution in [1.29, 1.82) is 0 Å². The Balaban J connectivity index is -0.0000000769. The SMILES string of the molecule is CC1=C(C)C[C-]=C1.Cl.Cl.[C-]1=CC=CC1.[CH2]=[Zr+2].[H-]. The van der Waals surface area contributed by atoms with Crippen LogP contribution in [0, 0.1) is 12.2 Å². The molecular weight excluding hydrogens is 318 g/mol. The third-order valence-electron chi connectivity index (χ3n) is 1.94. The second-order valence-corrected chi connectivity index (χ2v) is 2.99. The zero-order chi connectivity index (χ0) is 10.8. The van der Waals surface area contributed by atoms with Crippen molar-refractivity contribution in [2.75, 3.05) is 0 Å². The first kappa shape index (κ1) is 21.6. The predicted octanol–water partition coefficient (Wildman–Crippen LogP) is 4.31. The van der Waals surface area contributed by atoms with Crippen molar-refractivity contribution in [1.82, 2.24) is 0 Å². The maximum atomic E-state index is 3.34. The van der Waals surface area contributed by atoms with Crippen molar-refractivity contribution in [2.24, 2.45) is 0 Å². The van der Waals surface area contributed by atoms with E-state index >= 15 is 0 Å². The van der Waals surface area contributed by atoms with E-state index in [4.69, 9.17) is 0 Å². The van der Waals surface area contributed by atoms with Gasteiger partial charge in [0, 0.05) is 0 Å². The molecule has 0 N–H and O–H groups in total. The van der Waals surface area contributed by atoms with Crippen molar-refractivity contribution < 1.29 is 25.7 Å². The van der Waals surface area contributed by atoms with E-state index in [0.717, 1.165) is 12.8 Å². The van der Waals surface area contributed by atoms with Gasteiger partial charge in [0.15, 0.2) is 0 Å². The fraction of sp³-hybridized carbons (Fsp3) is 0.308. The molecule has 3 heteroatoms. The Morgan fingerprint density at radius 2 is 1.88 bits per heavy atom. The molecule has 0 heterocycles. The molecule has 16 heavy (non-hydrogen) atoms. The molecule has 0 amide bonds. The Kier molecular flexibility index (Phi) is 20.6. The molecule has 0 bridgehead atoms. The van der Waals surface area contributed by atoms with E-state index in [-0.39, 0.29) is 26.2 Å². The quantitative estimate of drug-likeness (QED) is 0.578. The van der Waals surface area contributed by atoms with Gasteiger partial charge in [-0.2, -0.15) is 11.6 Å². The van der Waals surface area contributed by atoms with Crippen LogP contribution in [0.3, 0.4) is 0 Å². The second-order valence-electron chi connectivity index (χ2n) is 2.99. The van der Waals surface area contributed by atoms with Crippen molar-refractivity contribution in [3.8, 4) is 0 Å². The summed E-state index contributed by atoms with van der Waals surface area (Å²) >= 11 is 1.30. The van der Waals surface area contributed by atoms with Crippen LogP contribution in [0.25, 0.3) is 0 Å². The van der Waals surface area contributed by atoms with Gasteiger partial charge >= 0.3 is 28.4 Å². The molecule has 0 aromatic heterocycles. The summed E-state index contributed by atoms with van der Waals surface area (Å²) in [5, 5.41) is 0. The summed E-state index contributed by atoms with van der Waals surface area (Å²) in [7, 11) is 0. The van der Waals surface area contributed by atoms with E-state index in [1.165, 1.54) is 35.4 Å². The molecule has 0 unspecified atom stereocenters. The van der Waals surface area contributed by atoms with Crippen molar-refractivity contribution in [3.63, 3.8) is 0 Å². The first-order valence-electron chi connectivity index (χ1n) is 4.61. The zero-order valence-electron chi connectivity index (χ0n) is 10.7. The number of halogens is 2.